The van der Waals surface area contributed by atoms with Crippen LogP contribution in [-0.4, -0.2) is 30.6 Å². The third-order valence-corrected chi connectivity index (χ3v) is 4.01. The highest BCUT2D eigenvalue weighted by atomic mass is 35.5. The smallest absolute Gasteiger partial charge is 0.317 e. The van der Waals surface area contributed by atoms with E-state index in [4.69, 9.17) is 11.6 Å². The van der Waals surface area contributed by atoms with Gasteiger partial charge in [0.05, 0.1) is 0 Å². The van der Waals surface area contributed by atoms with Gasteiger partial charge in [-0.25, -0.2) is 4.79 Å². The summed E-state index contributed by atoms with van der Waals surface area (Å²) in [5.41, 5.74) is 1.19. The van der Waals surface area contributed by atoms with Gasteiger partial charge in [-0.3, -0.25) is 0 Å². The molecule has 3 nitrogen and oxygen atoms in total. The summed E-state index contributed by atoms with van der Waals surface area (Å²) in [6.07, 6.45) is 2.05. The predicted octanol–water partition coefficient (Wildman–Crippen LogP) is 3.57. The molecule has 1 aromatic carbocycles. The van der Waals surface area contributed by atoms with E-state index < -0.39 is 0 Å². The third-order valence-electron chi connectivity index (χ3n) is 3.76. The molecule has 2 rings (SSSR count). The molecule has 1 saturated heterocycles. The Bertz CT molecular complexity index is 436. The van der Waals surface area contributed by atoms with Gasteiger partial charge in [-0.2, -0.15) is 0 Å². The van der Waals surface area contributed by atoms with Gasteiger partial charge in [-0.1, -0.05) is 37.6 Å². The van der Waals surface area contributed by atoms with Gasteiger partial charge in [-0.15, -0.1) is 0 Å². The molecule has 1 N–H and O–H groups in total. The van der Waals surface area contributed by atoms with Crippen LogP contribution < -0.4 is 5.32 Å². The summed E-state index contributed by atoms with van der Waals surface area (Å²) < 4.78 is 0. The van der Waals surface area contributed by atoms with E-state index in [0.29, 0.717) is 18.4 Å². The molecule has 0 saturated carbocycles. The highest BCUT2D eigenvalue weighted by molar-refractivity contribution is 6.30. The lowest BCUT2D eigenvalue weighted by Gasteiger charge is -2.34. The number of piperidine rings is 1. The molecule has 2 unspecified atom stereocenters. The van der Waals surface area contributed by atoms with Gasteiger partial charge in [0.1, 0.15) is 0 Å². The average molecular weight is 295 g/mol. The lowest BCUT2D eigenvalue weighted by Crippen LogP contribution is -2.47. The van der Waals surface area contributed by atoms with Crippen molar-refractivity contribution in [3.05, 3.63) is 34.9 Å². The normalized spacial score (nSPS) is 22.6. The van der Waals surface area contributed by atoms with Gasteiger partial charge in [0.2, 0.25) is 0 Å². The van der Waals surface area contributed by atoms with E-state index in [1.54, 1.807) is 0 Å². The van der Waals surface area contributed by atoms with Gasteiger partial charge in [-0.05, 0) is 42.4 Å². The van der Waals surface area contributed by atoms with Crippen molar-refractivity contribution >= 4 is 17.6 Å². The van der Waals surface area contributed by atoms with Crippen molar-refractivity contribution in [2.75, 3.05) is 19.6 Å². The minimum absolute atomic E-state index is 0.0670. The van der Waals surface area contributed by atoms with Gasteiger partial charge >= 0.3 is 6.03 Å². The molecule has 0 aliphatic carbocycles. The van der Waals surface area contributed by atoms with Crippen molar-refractivity contribution in [2.45, 2.75) is 26.7 Å². The highest BCUT2D eigenvalue weighted by Gasteiger charge is 2.24. The fourth-order valence-electron chi connectivity index (χ4n) is 2.91. The minimum atomic E-state index is 0.0670. The summed E-state index contributed by atoms with van der Waals surface area (Å²) in [5.74, 6) is 1.20. The SMILES string of the molecule is CC1CC(C)CN(C(=O)NCCc2ccc(Cl)cc2)C1. The first-order valence-corrected chi connectivity index (χ1v) is 7.69. The van der Waals surface area contributed by atoms with Crippen LogP contribution in [0.4, 0.5) is 4.79 Å². The number of rotatable bonds is 3. The van der Waals surface area contributed by atoms with E-state index in [2.05, 4.69) is 19.2 Å². The van der Waals surface area contributed by atoms with Crippen molar-refractivity contribution < 1.29 is 4.79 Å². The number of hydrogen-bond acceptors (Lipinski definition) is 1. The number of nitrogens with zero attached hydrogens (tertiary/aromatic N) is 1. The van der Waals surface area contributed by atoms with E-state index in [9.17, 15) is 4.79 Å². The number of likely N-dealkylation sites (tertiary alicyclic amines) is 1. The molecule has 2 amide bonds. The summed E-state index contributed by atoms with van der Waals surface area (Å²) >= 11 is 5.85. The zero-order valence-corrected chi connectivity index (χ0v) is 13.0. The first-order valence-electron chi connectivity index (χ1n) is 7.32. The molecule has 0 spiro atoms. The summed E-state index contributed by atoms with van der Waals surface area (Å²) in [7, 11) is 0. The van der Waals surface area contributed by atoms with Gasteiger partial charge in [0.25, 0.3) is 0 Å². The predicted molar refractivity (Wildman–Crippen MR) is 83.1 cm³/mol. The molecule has 2 atom stereocenters. The lowest BCUT2D eigenvalue weighted by molar-refractivity contribution is 0.146. The van der Waals surface area contributed by atoms with Crippen LogP contribution in [0.3, 0.4) is 0 Å². The molecule has 1 fully saturated rings. The maximum absolute atomic E-state index is 12.1. The Morgan fingerprint density at radius 3 is 2.45 bits per heavy atom. The van der Waals surface area contributed by atoms with Gasteiger partial charge in [0.15, 0.2) is 0 Å². The zero-order valence-electron chi connectivity index (χ0n) is 12.2. The molecule has 110 valence electrons. The minimum Gasteiger partial charge on any atom is -0.338 e. The summed E-state index contributed by atoms with van der Waals surface area (Å²) in [5, 5.41) is 3.76. The largest absolute Gasteiger partial charge is 0.338 e. The molecule has 1 aliphatic rings. The molecular weight excluding hydrogens is 272 g/mol. The van der Waals surface area contributed by atoms with Crippen molar-refractivity contribution in [2.24, 2.45) is 11.8 Å². The van der Waals surface area contributed by atoms with E-state index in [0.717, 1.165) is 24.5 Å². The average Bonchev–Trinajstić information content (AvgIpc) is 2.40. The highest BCUT2D eigenvalue weighted by Crippen LogP contribution is 2.20. The second-order valence-electron chi connectivity index (χ2n) is 5.96. The Balaban J connectivity index is 1.76. The zero-order chi connectivity index (χ0) is 14.5. The van der Waals surface area contributed by atoms with Crippen molar-refractivity contribution in [3.63, 3.8) is 0 Å². The Morgan fingerprint density at radius 2 is 1.85 bits per heavy atom. The van der Waals surface area contributed by atoms with Crippen LogP contribution >= 0.6 is 11.6 Å². The van der Waals surface area contributed by atoms with Crippen molar-refractivity contribution in [3.8, 4) is 0 Å². The number of amides is 2. The van der Waals surface area contributed by atoms with Crippen LogP contribution in [0.25, 0.3) is 0 Å². The first-order chi connectivity index (χ1) is 9.54. The number of nitrogens with one attached hydrogen (secondary N) is 1. The van der Waals surface area contributed by atoms with Crippen LogP contribution in [0, 0.1) is 11.8 Å². The van der Waals surface area contributed by atoms with Crippen LogP contribution in [0.2, 0.25) is 5.02 Å². The van der Waals surface area contributed by atoms with Crippen LogP contribution in [0.5, 0.6) is 0 Å². The summed E-state index contributed by atoms with van der Waals surface area (Å²) in [6, 6.07) is 7.83. The standard InChI is InChI=1S/C16H23ClN2O/c1-12-9-13(2)11-19(10-12)16(20)18-8-7-14-3-5-15(17)6-4-14/h3-6,12-13H,7-11H2,1-2H3,(H,18,20). The summed E-state index contributed by atoms with van der Waals surface area (Å²) in [6.45, 7) is 6.83. The second-order valence-corrected chi connectivity index (χ2v) is 6.40. The van der Waals surface area contributed by atoms with Crippen molar-refractivity contribution in [1.82, 2.24) is 10.2 Å². The van der Waals surface area contributed by atoms with E-state index in [1.807, 2.05) is 29.2 Å². The summed E-state index contributed by atoms with van der Waals surface area (Å²) in [4.78, 5) is 14.1. The molecule has 0 radical (unpaired) electrons. The number of halogens is 1. The van der Waals surface area contributed by atoms with E-state index in [-0.39, 0.29) is 6.03 Å². The molecular formula is C16H23ClN2O. The number of benzene rings is 1. The van der Waals surface area contributed by atoms with E-state index in [1.165, 1.54) is 12.0 Å². The molecule has 1 aliphatic heterocycles. The lowest BCUT2D eigenvalue weighted by atomic mass is 9.92. The fraction of sp³-hybridized carbons (Fsp3) is 0.562. The molecule has 0 aromatic heterocycles. The molecule has 20 heavy (non-hydrogen) atoms. The van der Waals surface area contributed by atoms with Crippen LogP contribution in [0.1, 0.15) is 25.8 Å². The van der Waals surface area contributed by atoms with Crippen LogP contribution in [0.15, 0.2) is 24.3 Å². The Hall–Kier alpha value is -1.22. The monoisotopic (exact) mass is 294 g/mol. The molecule has 4 heteroatoms. The topological polar surface area (TPSA) is 32.3 Å². The number of urea groups is 1. The number of carbonyl (C=O) groups excluding carboxylic acids is 1. The second kappa shape index (κ2) is 6.98. The number of hydrogen-bond donors (Lipinski definition) is 1. The van der Waals surface area contributed by atoms with Gasteiger partial charge in [0, 0.05) is 24.7 Å². The Labute approximate surface area is 126 Å². The molecule has 1 aromatic rings. The quantitative estimate of drug-likeness (QED) is 0.908. The molecule has 1 heterocycles. The maximum Gasteiger partial charge on any atom is 0.317 e. The van der Waals surface area contributed by atoms with Crippen LogP contribution in [-0.2, 0) is 6.42 Å². The molecule has 0 bridgehead atoms. The fourth-order valence-corrected chi connectivity index (χ4v) is 3.03. The van der Waals surface area contributed by atoms with Gasteiger partial charge < -0.3 is 10.2 Å². The number of carbonyl (C=O) groups is 1. The van der Waals surface area contributed by atoms with Crippen molar-refractivity contribution in [1.29, 1.82) is 0 Å². The Morgan fingerprint density at radius 1 is 1.25 bits per heavy atom. The third kappa shape index (κ3) is 4.41. The maximum atomic E-state index is 12.1. The first kappa shape index (κ1) is 15.2. The Kier molecular flexibility index (Phi) is 5.30. The van der Waals surface area contributed by atoms with E-state index >= 15 is 0 Å².